The van der Waals surface area contributed by atoms with E-state index in [0.29, 0.717) is 12.8 Å². The minimum atomic E-state index is -1.21. The predicted octanol–water partition coefficient (Wildman–Crippen LogP) is 1.97. The predicted molar refractivity (Wildman–Crippen MR) is 116 cm³/mol. The van der Waals surface area contributed by atoms with Gasteiger partial charge in [-0.25, -0.2) is 19.2 Å². The number of allylic oxidation sites excluding steroid dienone is 1. The Morgan fingerprint density at radius 2 is 1.63 bits per heavy atom. The van der Waals surface area contributed by atoms with Crippen molar-refractivity contribution in [2.75, 3.05) is 0 Å². The number of fused-ring (bicyclic) bond motifs is 3. The third kappa shape index (κ3) is 2.40. The molecule has 9 nitrogen and oxygen atoms in total. The van der Waals surface area contributed by atoms with Crippen molar-refractivity contribution in [3.05, 3.63) is 23.8 Å². The van der Waals surface area contributed by atoms with Gasteiger partial charge < -0.3 is 18.9 Å². The van der Waals surface area contributed by atoms with Gasteiger partial charge in [0.1, 0.15) is 23.1 Å². The molecule has 0 unspecified atom stereocenters. The first-order valence-corrected chi connectivity index (χ1v) is 12.0. The molecular weight excluding hydrogens is 456 g/mol. The first kappa shape index (κ1) is 22.6. The molecule has 6 aliphatic rings. The lowest BCUT2D eigenvalue weighted by atomic mass is 9.37. The van der Waals surface area contributed by atoms with Gasteiger partial charge in [-0.3, -0.25) is 4.79 Å². The van der Waals surface area contributed by atoms with Crippen molar-refractivity contribution >= 4 is 29.7 Å². The Hall–Kier alpha value is -2.81. The Balaban J connectivity index is 1.52. The van der Waals surface area contributed by atoms with Gasteiger partial charge in [0, 0.05) is 29.9 Å². The summed E-state index contributed by atoms with van der Waals surface area (Å²) in [5.41, 5.74) is -4.75. The summed E-state index contributed by atoms with van der Waals surface area (Å²) in [4.78, 5) is 63.9. The van der Waals surface area contributed by atoms with E-state index in [1.165, 1.54) is 6.08 Å². The first-order valence-electron chi connectivity index (χ1n) is 12.0. The Morgan fingerprint density at radius 3 is 2.29 bits per heavy atom. The molecule has 0 aromatic carbocycles. The maximum Gasteiger partial charge on any atom is 0.345 e. The van der Waals surface area contributed by atoms with E-state index in [4.69, 9.17) is 18.9 Å². The van der Waals surface area contributed by atoms with E-state index >= 15 is 0 Å². The summed E-state index contributed by atoms with van der Waals surface area (Å²) in [6.07, 6.45) is 3.53. The number of hydrogen-bond donors (Lipinski definition) is 0. The van der Waals surface area contributed by atoms with Gasteiger partial charge in [-0.05, 0) is 44.9 Å². The van der Waals surface area contributed by atoms with Gasteiger partial charge in [0.15, 0.2) is 6.10 Å². The summed E-state index contributed by atoms with van der Waals surface area (Å²) < 4.78 is 22.3. The number of carbonyl (C=O) groups excluding carboxylic acids is 5. The molecule has 9 heteroatoms. The molecule has 186 valence electrons. The summed E-state index contributed by atoms with van der Waals surface area (Å²) in [7, 11) is 0. The highest BCUT2D eigenvalue weighted by Gasteiger charge is 2.88. The van der Waals surface area contributed by atoms with Gasteiger partial charge in [0.25, 0.3) is 0 Å². The maximum absolute atomic E-state index is 14.2. The van der Waals surface area contributed by atoms with Crippen LogP contribution in [0.3, 0.4) is 0 Å². The molecule has 2 aliphatic carbocycles. The van der Waals surface area contributed by atoms with Crippen molar-refractivity contribution in [1.82, 2.24) is 0 Å². The monoisotopic (exact) mass is 484 g/mol. The van der Waals surface area contributed by atoms with Crippen LogP contribution in [0.1, 0.15) is 53.9 Å². The quantitative estimate of drug-likeness (QED) is 0.238. The molecule has 6 rings (SSSR count). The summed E-state index contributed by atoms with van der Waals surface area (Å²) in [5.74, 6) is -3.35. The average Bonchev–Trinajstić information content (AvgIpc) is 3.47. The van der Waals surface area contributed by atoms with Gasteiger partial charge in [-0.15, -0.1) is 0 Å². The van der Waals surface area contributed by atoms with Crippen LogP contribution in [0.4, 0.5) is 0 Å². The van der Waals surface area contributed by atoms with Gasteiger partial charge in [-0.1, -0.05) is 19.9 Å². The highest BCUT2D eigenvalue weighted by atomic mass is 16.7. The third-order valence-corrected chi connectivity index (χ3v) is 10.1. The Labute approximate surface area is 202 Å². The Kier molecular flexibility index (Phi) is 4.07. The third-order valence-electron chi connectivity index (χ3n) is 10.1. The first-order chi connectivity index (χ1) is 16.2. The zero-order valence-corrected chi connectivity index (χ0v) is 20.3. The van der Waals surface area contributed by atoms with E-state index < -0.39 is 63.5 Å². The molecule has 1 spiro atoms. The van der Waals surface area contributed by atoms with Crippen molar-refractivity contribution in [2.24, 2.45) is 28.1 Å². The molecule has 4 aliphatic heterocycles. The van der Waals surface area contributed by atoms with E-state index in [0.717, 1.165) is 6.08 Å². The van der Waals surface area contributed by atoms with Crippen LogP contribution in [-0.2, 0) is 42.9 Å². The van der Waals surface area contributed by atoms with Gasteiger partial charge in [-0.2, -0.15) is 0 Å². The highest BCUT2D eigenvalue weighted by Crippen LogP contribution is 2.77. The van der Waals surface area contributed by atoms with Gasteiger partial charge in [0.2, 0.25) is 0 Å². The summed E-state index contributed by atoms with van der Waals surface area (Å²) in [6.45, 7) is 9.44. The van der Waals surface area contributed by atoms with Crippen molar-refractivity contribution in [3.8, 4) is 0 Å². The van der Waals surface area contributed by atoms with E-state index in [1.54, 1.807) is 0 Å². The average molecular weight is 485 g/mol. The number of rotatable bonds is 1. The summed E-state index contributed by atoms with van der Waals surface area (Å²) in [6, 6.07) is 0. The fourth-order valence-corrected chi connectivity index (χ4v) is 8.59. The van der Waals surface area contributed by atoms with Crippen LogP contribution in [0.2, 0.25) is 0 Å². The number of Topliss-reactive ketones (excluding diaryl/α,β-unsaturated/α-hetero) is 1. The van der Waals surface area contributed by atoms with Crippen molar-refractivity contribution < 1.29 is 42.9 Å². The number of epoxide rings is 1. The number of ether oxygens (including phenoxy) is 4. The number of hydrogen-bond acceptors (Lipinski definition) is 9. The van der Waals surface area contributed by atoms with E-state index in [1.807, 2.05) is 33.8 Å². The molecule has 8 atom stereocenters. The molecule has 35 heavy (non-hydrogen) atoms. The number of esters is 4. The van der Waals surface area contributed by atoms with Crippen LogP contribution in [0, 0.1) is 28.1 Å². The normalized spacial score (nSPS) is 49.4. The summed E-state index contributed by atoms with van der Waals surface area (Å²) >= 11 is 0. The summed E-state index contributed by atoms with van der Waals surface area (Å²) in [5, 5.41) is 0. The van der Waals surface area contributed by atoms with Crippen LogP contribution in [-0.4, -0.2) is 53.1 Å². The lowest BCUT2D eigenvalue weighted by Gasteiger charge is -2.64. The minimum Gasteiger partial charge on any atom is -0.456 e. The molecule has 0 N–H and O–H groups in total. The van der Waals surface area contributed by atoms with Crippen molar-refractivity contribution in [2.45, 2.75) is 77.3 Å². The number of cyclic esters (lactones) is 4. The van der Waals surface area contributed by atoms with E-state index in [-0.39, 0.29) is 29.6 Å². The maximum atomic E-state index is 14.2. The lowest BCUT2D eigenvalue weighted by Crippen LogP contribution is -2.72. The SMILES string of the molecule is CC1(C)OC(=O)C=C[C@@]2(C)[C@@H]1CC(=O)[C@]1(C)[C@H]2CC[C@@]2(C)[C@H](C3=CC(=O)OC3=O)OC(=O)[C@H]3O[C@]321. The zero-order valence-electron chi connectivity index (χ0n) is 20.3. The zero-order chi connectivity index (χ0) is 25.3. The Morgan fingerprint density at radius 1 is 0.914 bits per heavy atom. The van der Waals surface area contributed by atoms with Crippen LogP contribution < -0.4 is 0 Å². The van der Waals surface area contributed by atoms with E-state index in [2.05, 4.69) is 6.92 Å². The molecule has 0 amide bonds. The smallest absolute Gasteiger partial charge is 0.345 e. The molecule has 0 aromatic heterocycles. The van der Waals surface area contributed by atoms with Gasteiger partial charge in [0.05, 0.1) is 11.0 Å². The molecule has 2 saturated heterocycles. The van der Waals surface area contributed by atoms with Crippen LogP contribution >= 0.6 is 0 Å². The molecule has 0 bridgehead atoms. The van der Waals surface area contributed by atoms with Crippen LogP contribution in [0.25, 0.3) is 0 Å². The number of carbonyl (C=O) groups is 5. The fraction of sp³-hybridized carbons (Fsp3) is 0.654. The van der Waals surface area contributed by atoms with Crippen molar-refractivity contribution in [1.29, 1.82) is 0 Å². The molecule has 0 radical (unpaired) electrons. The second-order valence-electron chi connectivity index (χ2n) is 12.0. The topological polar surface area (TPSA) is 126 Å². The minimum absolute atomic E-state index is 0.0249. The van der Waals surface area contributed by atoms with E-state index in [9.17, 15) is 24.0 Å². The number of ketones is 1. The lowest BCUT2D eigenvalue weighted by molar-refractivity contribution is -0.210. The Bertz CT molecular complexity index is 1200. The standard InChI is InChI=1S/C26H28O9/c1-22(2)14-11-15(27)25(5)13(23(14,3)8-7-16(28)34-22)6-9-24(4)18(12-10-17(29)32-20(12)30)33-21(31)19-26(24,25)35-19/h7-8,10,13-14,18-19H,6,9,11H2,1-5H3/t13-,14+,18-,19+,23+,24-,25-,26+/m0/s1. The van der Waals surface area contributed by atoms with Crippen LogP contribution in [0.15, 0.2) is 23.8 Å². The van der Waals surface area contributed by atoms with Gasteiger partial charge >= 0.3 is 23.9 Å². The highest BCUT2D eigenvalue weighted by molar-refractivity contribution is 6.10. The largest absolute Gasteiger partial charge is 0.456 e. The molecule has 4 heterocycles. The molecule has 4 fully saturated rings. The second kappa shape index (κ2) is 6.30. The molecule has 0 aromatic rings. The molecule has 2 saturated carbocycles. The van der Waals surface area contributed by atoms with Crippen molar-refractivity contribution in [3.63, 3.8) is 0 Å². The molecular formula is C26H28O9. The second-order valence-corrected chi connectivity index (χ2v) is 12.0. The fourth-order valence-electron chi connectivity index (χ4n) is 8.59. The van der Waals surface area contributed by atoms with Crippen LogP contribution in [0.5, 0.6) is 0 Å².